The fraction of sp³-hybridized carbons (Fsp3) is 0.0870. The van der Waals surface area contributed by atoms with Crippen LogP contribution in [0.1, 0.15) is 27.0 Å². The Labute approximate surface area is 190 Å². The summed E-state index contributed by atoms with van der Waals surface area (Å²) >= 11 is 11.9. The molecule has 0 bridgehead atoms. The number of carboxylic acids is 1. The van der Waals surface area contributed by atoms with Gasteiger partial charge in [0.25, 0.3) is 10.0 Å². The van der Waals surface area contributed by atoms with E-state index in [1.165, 1.54) is 10.4 Å². The molecule has 5 nitrogen and oxygen atoms in total. The maximum Gasteiger partial charge on any atom is 0.336 e. The van der Waals surface area contributed by atoms with Gasteiger partial charge >= 0.3 is 5.97 Å². The van der Waals surface area contributed by atoms with E-state index in [1.54, 1.807) is 66.7 Å². The number of aromatic carboxylic acids is 1. The number of sulfonamides is 1. The van der Waals surface area contributed by atoms with Gasteiger partial charge in [0, 0.05) is 16.6 Å². The highest BCUT2D eigenvalue weighted by Crippen LogP contribution is 2.34. The number of rotatable bonds is 5. The maximum absolute atomic E-state index is 13.3. The molecule has 0 radical (unpaired) electrons. The lowest BCUT2D eigenvalue weighted by atomic mass is 10.1. The molecule has 4 rings (SSSR count). The summed E-state index contributed by atoms with van der Waals surface area (Å²) < 4.78 is 27.9. The van der Waals surface area contributed by atoms with Gasteiger partial charge in [0.05, 0.1) is 16.1 Å². The van der Waals surface area contributed by atoms with Crippen molar-refractivity contribution in [2.45, 2.75) is 11.3 Å². The van der Waals surface area contributed by atoms with Gasteiger partial charge in [-0.2, -0.15) is 0 Å². The topological polar surface area (TPSA) is 74.7 Å². The van der Waals surface area contributed by atoms with Gasteiger partial charge in [-0.05, 0) is 65.6 Å². The van der Waals surface area contributed by atoms with Gasteiger partial charge in [0.2, 0.25) is 0 Å². The van der Waals surface area contributed by atoms with Crippen molar-refractivity contribution >= 4 is 57.0 Å². The van der Waals surface area contributed by atoms with Gasteiger partial charge in [-0.15, -0.1) is 0 Å². The van der Waals surface area contributed by atoms with Crippen LogP contribution in [-0.4, -0.2) is 26.0 Å². The number of halogens is 2. The summed E-state index contributed by atoms with van der Waals surface area (Å²) in [7, 11) is -3.75. The standard InChI is InChI=1S/C23H17Cl2NO4S/c24-18-8-9-22-17(13-18)10-11-26(22)31(29,30)20-3-1-2-15(12-20)4-5-16-6-7-19(25)14-21(16)23(27)28/h1-9,12-14H,10-11H2,(H,27,28)/b5-4+. The summed E-state index contributed by atoms with van der Waals surface area (Å²) in [6, 6.07) is 16.3. The van der Waals surface area contributed by atoms with Crippen LogP contribution in [-0.2, 0) is 16.4 Å². The summed E-state index contributed by atoms with van der Waals surface area (Å²) in [4.78, 5) is 11.6. The molecule has 3 aromatic carbocycles. The zero-order valence-electron chi connectivity index (χ0n) is 16.1. The molecule has 0 aromatic heterocycles. The van der Waals surface area contributed by atoms with E-state index in [2.05, 4.69) is 0 Å². The van der Waals surface area contributed by atoms with Gasteiger partial charge in [-0.3, -0.25) is 4.31 Å². The minimum atomic E-state index is -3.75. The van der Waals surface area contributed by atoms with E-state index in [1.807, 2.05) is 0 Å². The molecule has 0 saturated heterocycles. The minimum Gasteiger partial charge on any atom is -0.478 e. The van der Waals surface area contributed by atoms with Crippen molar-refractivity contribution in [1.29, 1.82) is 0 Å². The molecule has 1 aliphatic rings. The average Bonchev–Trinajstić information content (AvgIpc) is 3.16. The summed E-state index contributed by atoms with van der Waals surface area (Å²) in [6.07, 6.45) is 3.90. The average molecular weight is 474 g/mol. The fourth-order valence-corrected chi connectivity index (χ4v) is 5.47. The van der Waals surface area contributed by atoms with E-state index in [0.29, 0.717) is 39.8 Å². The number of hydrogen-bond acceptors (Lipinski definition) is 3. The Morgan fingerprint density at radius 2 is 1.71 bits per heavy atom. The second-order valence-corrected chi connectivity index (χ2v) is 9.78. The molecule has 3 aromatic rings. The van der Waals surface area contributed by atoms with E-state index in [9.17, 15) is 18.3 Å². The van der Waals surface area contributed by atoms with Crippen molar-refractivity contribution in [3.63, 3.8) is 0 Å². The lowest BCUT2D eigenvalue weighted by molar-refractivity contribution is 0.0696. The van der Waals surface area contributed by atoms with Crippen molar-refractivity contribution < 1.29 is 18.3 Å². The Morgan fingerprint density at radius 3 is 2.48 bits per heavy atom. The Morgan fingerprint density at radius 1 is 0.968 bits per heavy atom. The van der Waals surface area contributed by atoms with Crippen LogP contribution in [0.5, 0.6) is 0 Å². The van der Waals surface area contributed by atoms with E-state index >= 15 is 0 Å². The number of carboxylic acid groups (broad SMARTS) is 1. The third kappa shape index (κ3) is 4.32. The highest BCUT2D eigenvalue weighted by atomic mass is 35.5. The van der Waals surface area contributed by atoms with Crippen LogP contribution >= 0.6 is 23.2 Å². The molecule has 0 saturated carbocycles. The normalized spacial score (nSPS) is 13.5. The second-order valence-electron chi connectivity index (χ2n) is 7.04. The molecule has 1 aliphatic heterocycles. The van der Waals surface area contributed by atoms with Gasteiger partial charge in [0.1, 0.15) is 0 Å². The Balaban J connectivity index is 1.66. The van der Waals surface area contributed by atoms with Gasteiger partial charge in [0.15, 0.2) is 0 Å². The zero-order valence-corrected chi connectivity index (χ0v) is 18.5. The summed E-state index contributed by atoms with van der Waals surface area (Å²) in [5, 5.41) is 10.3. The van der Waals surface area contributed by atoms with Crippen molar-refractivity contribution in [2.24, 2.45) is 0 Å². The predicted molar refractivity (Wildman–Crippen MR) is 123 cm³/mol. The number of hydrogen-bond donors (Lipinski definition) is 1. The van der Waals surface area contributed by atoms with Crippen LogP contribution in [0.25, 0.3) is 12.2 Å². The quantitative estimate of drug-likeness (QED) is 0.488. The zero-order chi connectivity index (χ0) is 22.2. The lowest BCUT2D eigenvalue weighted by Crippen LogP contribution is -2.29. The third-order valence-corrected chi connectivity index (χ3v) is 7.32. The molecule has 0 amide bonds. The van der Waals surface area contributed by atoms with Gasteiger partial charge in [-0.25, -0.2) is 13.2 Å². The lowest BCUT2D eigenvalue weighted by Gasteiger charge is -2.20. The SMILES string of the molecule is O=C(O)c1cc(Cl)ccc1/C=C/c1cccc(S(=O)(=O)N2CCc3cc(Cl)ccc32)c1. The van der Waals surface area contributed by atoms with E-state index in [0.717, 1.165) is 5.56 Å². The van der Waals surface area contributed by atoms with Crippen molar-refractivity contribution in [3.8, 4) is 0 Å². The monoisotopic (exact) mass is 473 g/mol. The van der Waals surface area contributed by atoms with Gasteiger partial charge < -0.3 is 5.11 Å². The fourth-order valence-electron chi connectivity index (χ4n) is 3.54. The van der Waals surface area contributed by atoms with Crippen LogP contribution in [0.4, 0.5) is 5.69 Å². The number of carbonyl (C=O) groups is 1. The van der Waals surface area contributed by atoms with Crippen LogP contribution in [0.3, 0.4) is 0 Å². The van der Waals surface area contributed by atoms with E-state index < -0.39 is 16.0 Å². The first-order chi connectivity index (χ1) is 14.8. The molecule has 0 aliphatic carbocycles. The van der Waals surface area contributed by atoms with Gasteiger partial charge in [-0.1, -0.05) is 53.6 Å². The second kappa shape index (κ2) is 8.38. The molecule has 0 fully saturated rings. The Hall–Kier alpha value is -2.80. The number of fused-ring (bicyclic) bond motifs is 1. The molecule has 1 N–H and O–H groups in total. The van der Waals surface area contributed by atoms with Crippen molar-refractivity contribution in [1.82, 2.24) is 0 Å². The van der Waals surface area contributed by atoms with Crippen LogP contribution in [0, 0.1) is 0 Å². The Bertz CT molecular complexity index is 1320. The van der Waals surface area contributed by atoms with E-state index in [4.69, 9.17) is 23.2 Å². The third-order valence-electron chi connectivity index (χ3n) is 5.04. The molecule has 0 spiro atoms. The molecule has 31 heavy (non-hydrogen) atoms. The van der Waals surface area contributed by atoms with Crippen LogP contribution < -0.4 is 4.31 Å². The van der Waals surface area contributed by atoms with E-state index in [-0.39, 0.29) is 10.5 Å². The number of anilines is 1. The molecule has 0 atom stereocenters. The summed E-state index contributed by atoms with van der Waals surface area (Å²) in [5.74, 6) is -1.09. The molecular weight excluding hydrogens is 457 g/mol. The predicted octanol–water partition coefficient (Wildman–Crippen LogP) is 5.61. The number of benzene rings is 3. The van der Waals surface area contributed by atoms with Crippen molar-refractivity contribution in [3.05, 3.63) is 93.0 Å². The highest BCUT2D eigenvalue weighted by molar-refractivity contribution is 7.92. The first kappa shape index (κ1) is 21.4. The highest BCUT2D eigenvalue weighted by Gasteiger charge is 2.30. The van der Waals surface area contributed by atoms with Crippen LogP contribution in [0.2, 0.25) is 10.0 Å². The first-order valence-electron chi connectivity index (χ1n) is 9.38. The smallest absolute Gasteiger partial charge is 0.336 e. The molecule has 158 valence electrons. The Kier molecular flexibility index (Phi) is 5.79. The largest absolute Gasteiger partial charge is 0.478 e. The molecule has 1 heterocycles. The minimum absolute atomic E-state index is 0.0693. The summed E-state index contributed by atoms with van der Waals surface area (Å²) in [5.41, 5.74) is 2.70. The molecular formula is C23H17Cl2NO4S. The first-order valence-corrected chi connectivity index (χ1v) is 11.6. The summed E-state index contributed by atoms with van der Waals surface area (Å²) in [6.45, 7) is 0.352. The molecule has 0 unspecified atom stereocenters. The van der Waals surface area contributed by atoms with Crippen molar-refractivity contribution in [2.75, 3.05) is 10.8 Å². The van der Waals surface area contributed by atoms with Crippen LogP contribution in [0.15, 0.2) is 65.6 Å². The maximum atomic E-state index is 13.3. The molecule has 8 heteroatoms. The number of nitrogens with zero attached hydrogens (tertiary/aromatic N) is 1.